The predicted octanol–water partition coefficient (Wildman–Crippen LogP) is 3.06. The van der Waals surface area contributed by atoms with Crippen LogP contribution in [0.3, 0.4) is 0 Å². The molecule has 1 aliphatic rings. The largest absolute Gasteiger partial charge is 0.490 e. The quantitative estimate of drug-likeness (QED) is 0.601. The molecule has 1 saturated carbocycles. The van der Waals surface area contributed by atoms with Gasteiger partial charge in [0.15, 0.2) is 5.75 Å². The van der Waals surface area contributed by atoms with Crippen molar-refractivity contribution in [1.82, 2.24) is 4.98 Å². The summed E-state index contributed by atoms with van der Waals surface area (Å²) >= 11 is 0. The number of ether oxygens (including phenoxy) is 1. The standard InChI is InChI=1S/C17H17N3O4/c1-24-15-6-2-5-14(16(15)20(22)23)17(21)19(11-12-7-8-12)13-4-3-9-18-10-13/h2-6,9-10,12H,7-8,11H2,1H3. The zero-order chi connectivity index (χ0) is 17.1. The molecule has 3 rings (SSSR count). The predicted molar refractivity (Wildman–Crippen MR) is 88.3 cm³/mol. The van der Waals surface area contributed by atoms with E-state index in [0.29, 0.717) is 18.2 Å². The van der Waals surface area contributed by atoms with Gasteiger partial charge in [-0.3, -0.25) is 19.9 Å². The van der Waals surface area contributed by atoms with Gasteiger partial charge in [-0.2, -0.15) is 0 Å². The summed E-state index contributed by atoms with van der Waals surface area (Å²) in [4.78, 5) is 29.5. The van der Waals surface area contributed by atoms with Gasteiger partial charge in [0, 0.05) is 12.7 Å². The Kier molecular flexibility index (Phi) is 4.41. The molecular formula is C17H17N3O4. The number of hydrogen-bond acceptors (Lipinski definition) is 5. The molecule has 0 radical (unpaired) electrons. The second-order valence-electron chi connectivity index (χ2n) is 5.68. The van der Waals surface area contributed by atoms with Crippen LogP contribution >= 0.6 is 0 Å². The van der Waals surface area contributed by atoms with Crippen LogP contribution in [0, 0.1) is 16.0 Å². The molecule has 2 aromatic rings. The molecule has 0 bridgehead atoms. The first-order valence-corrected chi connectivity index (χ1v) is 7.65. The number of nitrogens with zero attached hydrogens (tertiary/aromatic N) is 3. The fourth-order valence-corrected chi connectivity index (χ4v) is 2.57. The minimum atomic E-state index is -0.579. The van der Waals surface area contributed by atoms with E-state index in [1.165, 1.54) is 19.2 Å². The summed E-state index contributed by atoms with van der Waals surface area (Å²) in [6.45, 7) is 0.527. The number of aromatic nitrogens is 1. The number of para-hydroxylation sites is 1. The van der Waals surface area contributed by atoms with Crippen LogP contribution in [0.1, 0.15) is 23.2 Å². The molecule has 1 amide bonds. The van der Waals surface area contributed by atoms with Gasteiger partial charge >= 0.3 is 5.69 Å². The highest BCUT2D eigenvalue weighted by molar-refractivity contribution is 6.09. The van der Waals surface area contributed by atoms with Crippen LogP contribution in [-0.4, -0.2) is 29.5 Å². The Balaban J connectivity index is 2.03. The van der Waals surface area contributed by atoms with E-state index in [0.717, 1.165) is 12.8 Å². The Morgan fingerprint density at radius 1 is 1.38 bits per heavy atom. The molecule has 1 fully saturated rings. The van der Waals surface area contributed by atoms with Gasteiger partial charge in [0.25, 0.3) is 5.91 Å². The van der Waals surface area contributed by atoms with Crippen LogP contribution < -0.4 is 9.64 Å². The van der Waals surface area contributed by atoms with Gasteiger partial charge in [0.1, 0.15) is 5.56 Å². The first-order chi connectivity index (χ1) is 11.6. The Morgan fingerprint density at radius 2 is 2.17 bits per heavy atom. The normalized spacial score (nSPS) is 13.4. The molecule has 24 heavy (non-hydrogen) atoms. The second-order valence-corrected chi connectivity index (χ2v) is 5.68. The molecule has 1 aromatic heterocycles. The van der Waals surface area contributed by atoms with E-state index < -0.39 is 10.8 Å². The third kappa shape index (κ3) is 3.19. The Morgan fingerprint density at radius 3 is 2.75 bits per heavy atom. The Labute approximate surface area is 139 Å². The molecule has 7 heteroatoms. The number of rotatable bonds is 6. The molecule has 1 aliphatic carbocycles. The molecule has 0 N–H and O–H groups in total. The van der Waals surface area contributed by atoms with Crippen LogP contribution in [0.15, 0.2) is 42.7 Å². The molecule has 124 valence electrons. The molecule has 1 aromatic carbocycles. The smallest absolute Gasteiger partial charge is 0.323 e. The summed E-state index contributed by atoms with van der Waals surface area (Å²) in [5, 5.41) is 11.4. The minimum Gasteiger partial charge on any atom is -0.490 e. The molecule has 1 heterocycles. The van der Waals surface area contributed by atoms with Crippen LogP contribution in [0.25, 0.3) is 0 Å². The highest BCUT2D eigenvalue weighted by Gasteiger charge is 2.33. The Bertz CT molecular complexity index is 760. The van der Waals surface area contributed by atoms with Gasteiger partial charge in [-0.1, -0.05) is 6.07 Å². The SMILES string of the molecule is COc1cccc(C(=O)N(CC2CC2)c2cccnc2)c1[N+](=O)[O-]. The van der Waals surface area contributed by atoms with Gasteiger partial charge in [-0.25, -0.2) is 0 Å². The number of nitro groups is 1. The van der Waals surface area contributed by atoms with Crippen molar-refractivity contribution in [2.45, 2.75) is 12.8 Å². The third-order valence-electron chi connectivity index (χ3n) is 3.97. The van der Waals surface area contributed by atoms with Crippen molar-refractivity contribution in [3.05, 3.63) is 58.4 Å². The van der Waals surface area contributed by atoms with Crippen LogP contribution in [0.4, 0.5) is 11.4 Å². The van der Waals surface area contributed by atoms with Crippen LogP contribution in [0.5, 0.6) is 5.75 Å². The van der Waals surface area contributed by atoms with Crippen molar-refractivity contribution in [3.8, 4) is 5.75 Å². The number of hydrogen-bond donors (Lipinski definition) is 0. The zero-order valence-electron chi connectivity index (χ0n) is 13.2. The summed E-state index contributed by atoms with van der Waals surface area (Å²) in [6.07, 6.45) is 5.33. The van der Waals surface area contributed by atoms with Gasteiger partial charge in [-0.15, -0.1) is 0 Å². The number of pyridine rings is 1. The van der Waals surface area contributed by atoms with Gasteiger partial charge in [0.05, 0.1) is 23.9 Å². The molecule has 0 unspecified atom stereocenters. The molecule has 7 nitrogen and oxygen atoms in total. The molecule has 0 atom stereocenters. The molecule has 0 saturated heterocycles. The van der Waals surface area contributed by atoms with Crippen LogP contribution in [0.2, 0.25) is 0 Å². The number of benzene rings is 1. The molecule has 0 spiro atoms. The topological polar surface area (TPSA) is 85.6 Å². The Hall–Kier alpha value is -2.96. The van der Waals surface area contributed by atoms with Crippen molar-refractivity contribution in [2.75, 3.05) is 18.6 Å². The van der Waals surface area contributed by atoms with E-state index in [2.05, 4.69) is 4.98 Å². The van der Waals surface area contributed by atoms with E-state index in [-0.39, 0.29) is 17.0 Å². The van der Waals surface area contributed by atoms with E-state index in [1.54, 1.807) is 35.5 Å². The van der Waals surface area contributed by atoms with Crippen molar-refractivity contribution >= 4 is 17.3 Å². The lowest BCUT2D eigenvalue weighted by molar-refractivity contribution is -0.386. The van der Waals surface area contributed by atoms with Crippen molar-refractivity contribution in [1.29, 1.82) is 0 Å². The zero-order valence-corrected chi connectivity index (χ0v) is 13.2. The number of anilines is 1. The van der Waals surface area contributed by atoms with Crippen LogP contribution in [-0.2, 0) is 0 Å². The summed E-state index contributed by atoms with van der Waals surface area (Å²) in [5.74, 6) is 0.0859. The minimum absolute atomic E-state index is 0.0175. The maximum atomic E-state index is 13.0. The summed E-state index contributed by atoms with van der Waals surface area (Å²) in [7, 11) is 1.35. The number of nitro benzene ring substituents is 1. The van der Waals surface area contributed by atoms with Gasteiger partial charge in [-0.05, 0) is 43.0 Å². The number of carbonyl (C=O) groups is 1. The fraction of sp³-hybridized carbons (Fsp3) is 0.294. The molecular weight excluding hydrogens is 310 g/mol. The van der Waals surface area contributed by atoms with Crippen molar-refractivity contribution in [3.63, 3.8) is 0 Å². The average molecular weight is 327 g/mol. The van der Waals surface area contributed by atoms with E-state index in [4.69, 9.17) is 4.74 Å². The summed E-state index contributed by atoms with van der Waals surface area (Å²) in [6, 6.07) is 8.03. The van der Waals surface area contributed by atoms with Gasteiger partial charge in [0.2, 0.25) is 0 Å². The highest BCUT2D eigenvalue weighted by Crippen LogP contribution is 2.35. The highest BCUT2D eigenvalue weighted by atomic mass is 16.6. The first kappa shape index (κ1) is 15.9. The number of carbonyl (C=O) groups excluding carboxylic acids is 1. The number of methoxy groups -OCH3 is 1. The van der Waals surface area contributed by atoms with E-state index >= 15 is 0 Å². The van der Waals surface area contributed by atoms with E-state index in [1.807, 2.05) is 0 Å². The van der Waals surface area contributed by atoms with E-state index in [9.17, 15) is 14.9 Å². The maximum Gasteiger partial charge on any atom is 0.323 e. The summed E-state index contributed by atoms with van der Waals surface area (Å²) in [5.41, 5.74) is 0.338. The fourth-order valence-electron chi connectivity index (χ4n) is 2.57. The monoisotopic (exact) mass is 327 g/mol. The summed E-state index contributed by atoms with van der Waals surface area (Å²) < 4.78 is 5.05. The molecule has 0 aliphatic heterocycles. The first-order valence-electron chi connectivity index (χ1n) is 7.65. The average Bonchev–Trinajstić information content (AvgIpc) is 3.43. The van der Waals surface area contributed by atoms with Crippen molar-refractivity contribution in [2.24, 2.45) is 5.92 Å². The second kappa shape index (κ2) is 6.66. The lowest BCUT2D eigenvalue weighted by Gasteiger charge is -2.22. The number of amides is 1. The van der Waals surface area contributed by atoms with Crippen molar-refractivity contribution < 1.29 is 14.5 Å². The lowest BCUT2D eigenvalue weighted by Crippen LogP contribution is -2.33. The van der Waals surface area contributed by atoms with Gasteiger partial charge < -0.3 is 9.64 Å². The maximum absolute atomic E-state index is 13.0. The third-order valence-corrected chi connectivity index (χ3v) is 3.97. The lowest BCUT2D eigenvalue weighted by atomic mass is 10.1.